The van der Waals surface area contributed by atoms with Crippen LogP contribution in [-0.2, 0) is 0 Å². The topological polar surface area (TPSA) is 0 Å². The highest BCUT2D eigenvalue weighted by atomic mass is 14.5. The number of fused-ring (bicyclic) bond motifs is 1. The van der Waals surface area contributed by atoms with Gasteiger partial charge in [0.1, 0.15) is 0 Å². The Kier molecular flexibility index (Phi) is 1.36. The first kappa shape index (κ1) is 6.45. The average molecular weight is 136 g/mol. The van der Waals surface area contributed by atoms with Crippen LogP contribution >= 0.6 is 0 Å². The van der Waals surface area contributed by atoms with Crippen molar-refractivity contribution in [2.24, 2.45) is 11.8 Å². The van der Waals surface area contributed by atoms with Crippen LogP contribution in [0.5, 0.6) is 0 Å². The van der Waals surface area contributed by atoms with Gasteiger partial charge in [0.25, 0.3) is 0 Å². The Labute approximate surface area is 63.3 Å². The number of rotatable bonds is 0. The third-order valence-electron chi connectivity index (χ3n) is 3.03. The van der Waals surface area contributed by atoms with E-state index in [4.69, 9.17) is 0 Å². The summed E-state index contributed by atoms with van der Waals surface area (Å²) in [5.74, 6) is 2.08. The van der Waals surface area contributed by atoms with Gasteiger partial charge in [-0.2, -0.15) is 0 Å². The van der Waals surface area contributed by atoms with Gasteiger partial charge in [-0.1, -0.05) is 24.0 Å². The summed E-state index contributed by atoms with van der Waals surface area (Å²) in [6.45, 7) is 4.54. The van der Waals surface area contributed by atoms with Crippen molar-refractivity contribution in [2.45, 2.75) is 39.5 Å². The van der Waals surface area contributed by atoms with Crippen molar-refractivity contribution in [3.8, 4) is 0 Å². The first-order valence-electron chi connectivity index (χ1n) is 4.48. The molecule has 0 aliphatic heterocycles. The van der Waals surface area contributed by atoms with Crippen molar-refractivity contribution in [2.75, 3.05) is 0 Å². The maximum atomic E-state index is 2.27. The van der Waals surface area contributed by atoms with Gasteiger partial charge in [0.15, 0.2) is 0 Å². The molecule has 0 aromatic rings. The molecule has 0 amide bonds. The summed E-state index contributed by atoms with van der Waals surface area (Å²) < 4.78 is 0. The molecule has 0 aromatic carbocycles. The Morgan fingerprint density at radius 2 is 1.60 bits per heavy atom. The van der Waals surface area contributed by atoms with E-state index in [-0.39, 0.29) is 0 Å². The lowest BCUT2D eigenvalue weighted by atomic mass is 10.0. The highest BCUT2D eigenvalue weighted by Gasteiger charge is 2.44. The van der Waals surface area contributed by atoms with Gasteiger partial charge < -0.3 is 0 Å². The highest BCUT2D eigenvalue weighted by molar-refractivity contribution is 5.34. The van der Waals surface area contributed by atoms with E-state index in [1.165, 1.54) is 25.7 Å². The molecule has 10 heavy (non-hydrogen) atoms. The van der Waals surface area contributed by atoms with E-state index in [1.54, 1.807) is 5.57 Å². The normalized spacial score (nSPS) is 37.2. The van der Waals surface area contributed by atoms with Gasteiger partial charge >= 0.3 is 0 Å². The maximum Gasteiger partial charge on any atom is -0.0132 e. The van der Waals surface area contributed by atoms with Crippen LogP contribution in [0.4, 0.5) is 0 Å². The molecule has 0 spiro atoms. The molecule has 0 aromatic heterocycles. The Bertz CT molecular complexity index is 158. The van der Waals surface area contributed by atoms with Gasteiger partial charge in [0.05, 0.1) is 0 Å². The van der Waals surface area contributed by atoms with Crippen molar-refractivity contribution in [1.29, 1.82) is 0 Å². The van der Waals surface area contributed by atoms with Crippen LogP contribution in [0.3, 0.4) is 0 Å². The lowest BCUT2D eigenvalue weighted by Gasteiger charge is -2.04. The molecule has 0 heteroatoms. The Morgan fingerprint density at radius 1 is 1.10 bits per heavy atom. The molecule has 0 N–H and O–H groups in total. The quantitative estimate of drug-likeness (QED) is 0.449. The second-order valence-corrected chi connectivity index (χ2v) is 3.95. The molecule has 2 unspecified atom stereocenters. The fourth-order valence-corrected chi connectivity index (χ4v) is 2.56. The molecule has 56 valence electrons. The van der Waals surface area contributed by atoms with Crippen LogP contribution in [0.15, 0.2) is 11.1 Å². The molecular weight excluding hydrogens is 120 g/mol. The third-order valence-corrected chi connectivity index (χ3v) is 3.03. The largest absolute Gasteiger partial charge is 0.0766 e. The van der Waals surface area contributed by atoms with E-state index in [2.05, 4.69) is 13.8 Å². The second-order valence-electron chi connectivity index (χ2n) is 3.95. The van der Waals surface area contributed by atoms with E-state index in [1.807, 2.05) is 5.57 Å². The van der Waals surface area contributed by atoms with Gasteiger partial charge in [0.2, 0.25) is 0 Å². The SMILES string of the molecule is CC(C)=C1C2CCCCC12. The van der Waals surface area contributed by atoms with Crippen LogP contribution in [-0.4, -0.2) is 0 Å². The molecule has 2 saturated carbocycles. The molecular formula is C10H16. The molecule has 2 atom stereocenters. The first-order chi connectivity index (χ1) is 4.80. The summed E-state index contributed by atoms with van der Waals surface area (Å²) in [7, 11) is 0. The molecule has 0 nitrogen and oxygen atoms in total. The van der Waals surface area contributed by atoms with E-state index in [0.717, 1.165) is 11.8 Å². The maximum absolute atomic E-state index is 2.27. The van der Waals surface area contributed by atoms with Crippen LogP contribution in [0.25, 0.3) is 0 Å². The van der Waals surface area contributed by atoms with Crippen LogP contribution in [0, 0.1) is 11.8 Å². The molecule has 0 saturated heterocycles. The van der Waals surface area contributed by atoms with Crippen molar-refractivity contribution >= 4 is 0 Å². The summed E-state index contributed by atoms with van der Waals surface area (Å²) in [5, 5.41) is 0. The molecule has 2 fully saturated rings. The average Bonchev–Trinajstić information content (AvgIpc) is 2.60. The minimum Gasteiger partial charge on any atom is -0.0766 e. The lowest BCUT2D eigenvalue weighted by molar-refractivity contribution is 0.480. The van der Waals surface area contributed by atoms with Gasteiger partial charge in [0, 0.05) is 0 Å². The lowest BCUT2D eigenvalue weighted by Crippen LogP contribution is -1.91. The number of hydrogen-bond donors (Lipinski definition) is 0. The van der Waals surface area contributed by atoms with Gasteiger partial charge in [-0.3, -0.25) is 0 Å². The molecule has 0 radical (unpaired) electrons. The summed E-state index contributed by atoms with van der Waals surface area (Å²) in [6, 6.07) is 0. The van der Waals surface area contributed by atoms with Crippen LogP contribution in [0.1, 0.15) is 39.5 Å². The zero-order valence-electron chi connectivity index (χ0n) is 6.98. The van der Waals surface area contributed by atoms with Crippen LogP contribution in [0.2, 0.25) is 0 Å². The summed E-state index contributed by atoms with van der Waals surface area (Å²) >= 11 is 0. The van der Waals surface area contributed by atoms with Crippen molar-refractivity contribution in [3.63, 3.8) is 0 Å². The van der Waals surface area contributed by atoms with Gasteiger partial charge in [-0.15, -0.1) is 0 Å². The fourth-order valence-electron chi connectivity index (χ4n) is 2.56. The predicted octanol–water partition coefficient (Wildman–Crippen LogP) is 3.14. The van der Waals surface area contributed by atoms with Crippen molar-refractivity contribution < 1.29 is 0 Å². The summed E-state index contributed by atoms with van der Waals surface area (Å²) in [4.78, 5) is 0. The van der Waals surface area contributed by atoms with Crippen molar-refractivity contribution in [1.82, 2.24) is 0 Å². The third kappa shape index (κ3) is 0.817. The first-order valence-corrected chi connectivity index (χ1v) is 4.48. The summed E-state index contributed by atoms with van der Waals surface area (Å²) in [6.07, 6.45) is 5.95. The Balaban J connectivity index is 2.13. The molecule has 0 bridgehead atoms. The smallest absolute Gasteiger partial charge is 0.0132 e. The Morgan fingerprint density at radius 3 is 2.00 bits per heavy atom. The number of allylic oxidation sites excluding steroid dienone is 2. The minimum atomic E-state index is 1.04. The van der Waals surface area contributed by atoms with E-state index < -0.39 is 0 Å². The van der Waals surface area contributed by atoms with Crippen LogP contribution < -0.4 is 0 Å². The van der Waals surface area contributed by atoms with Gasteiger partial charge in [-0.05, 0) is 38.5 Å². The molecule has 2 aliphatic rings. The Hall–Kier alpha value is -0.260. The predicted molar refractivity (Wildman–Crippen MR) is 43.8 cm³/mol. The molecule has 0 heterocycles. The standard InChI is InChI=1S/C10H16/c1-7(2)10-8-5-3-4-6-9(8)10/h8-9H,3-6H2,1-2H3. The number of hydrogen-bond acceptors (Lipinski definition) is 0. The second kappa shape index (κ2) is 2.11. The highest BCUT2D eigenvalue weighted by Crippen LogP contribution is 2.56. The summed E-state index contributed by atoms with van der Waals surface area (Å²) in [5.41, 5.74) is 3.43. The van der Waals surface area contributed by atoms with E-state index in [0.29, 0.717) is 0 Å². The molecule has 2 aliphatic carbocycles. The zero-order chi connectivity index (χ0) is 7.14. The van der Waals surface area contributed by atoms with E-state index >= 15 is 0 Å². The monoisotopic (exact) mass is 136 g/mol. The zero-order valence-corrected chi connectivity index (χ0v) is 6.98. The van der Waals surface area contributed by atoms with E-state index in [9.17, 15) is 0 Å². The fraction of sp³-hybridized carbons (Fsp3) is 0.800. The minimum absolute atomic E-state index is 1.04. The molecule has 2 rings (SSSR count). The van der Waals surface area contributed by atoms with Gasteiger partial charge in [-0.25, -0.2) is 0 Å². The van der Waals surface area contributed by atoms with Crippen molar-refractivity contribution in [3.05, 3.63) is 11.1 Å².